The predicted octanol–water partition coefficient (Wildman–Crippen LogP) is 13.7. The van der Waals surface area contributed by atoms with Crippen molar-refractivity contribution < 1.29 is 23.6 Å². The van der Waals surface area contributed by atoms with E-state index in [4.69, 9.17) is 19.5 Å². The molecule has 228 valence electrons. The van der Waals surface area contributed by atoms with Crippen LogP contribution in [-0.2, 0) is 0 Å². The molecular weight excluding hydrogens is 593 g/mol. The van der Waals surface area contributed by atoms with Gasteiger partial charge >= 0.3 is 0 Å². The minimum atomic E-state index is -0.575. The quantitative estimate of drug-likeness (QED) is 0.175. The highest BCUT2D eigenvalue weighted by Gasteiger charge is 2.19. The molecule has 0 saturated heterocycles. The van der Waals surface area contributed by atoms with Crippen LogP contribution in [-0.4, -0.2) is 0 Å². The largest absolute Gasteiger partial charge is 0.455 e. The normalized spacial score (nSPS) is 15.7. The Labute approximate surface area is 304 Å². The van der Waals surface area contributed by atoms with Crippen LogP contribution >= 0.6 is 0 Å². The van der Waals surface area contributed by atoms with Crippen LogP contribution in [0.5, 0.6) is 0 Å². The maximum Gasteiger partial charge on any atom is 0.143 e. The molecule has 10 rings (SSSR count). The first-order valence-corrected chi connectivity index (χ1v) is 15.7. The van der Waals surface area contributed by atoms with Crippen molar-refractivity contribution in [2.45, 2.75) is 0 Å². The summed E-state index contributed by atoms with van der Waals surface area (Å²) in [5, 5.41) is 2.09. The Bertz CT molecular complexity index is 3590. The van der Waals surface area contributed by atoms with Crippen LogP contribution in [0.4, 0.5) is 0 Å². The Hall–Kier alpha value is -6.44. The van der Waals surface area contributed by atoms with Crippen LogP contribution in [0.15, 0.2) is 186 Å². The Morgan fingerprint density at radius 3 is 1.78 bits per heavy atom. The van der Waals surface area contributed by atoms with Crippen LogP contribution < -0.4 is 0 Å². The lowest BCUT2D eigenvalue weighted by Crippen LogP contribution is -1.92. The van der Waals surface area contributed by atoms with Gasteiger partial charge in [0, 0.05) is 16.2 Å². The van der Waals surface area contributed by atoms with Crippen LogP contribution in [0.3, 0.4) is 0 Å². The van der Waals surface area contributed by atoms with Gasteiger partial charge in [-0.25, -0.2) is 0 Å². The van der Waals surface area contributed by atoms with Crippen LogP contribution in [0.1, 0.15) is 19.2 Å². The molecule has 9 aromatic carbocycles. The molecule has 1 aromatic heterocycles. The molecule has 1 heterocycles. The molecule has 0 saturated carbocycles. The van der Waals surface area contributed by atoms with Gasteiger partial charge in [0.2, 0.25) is 0 Å². The summed E-state index contributed by atoms with van der Waals surface area (Å²) in [7, 11) is 0. The SMILES string of the molecule is [2H]c1c([2H])c([2H])c(-c2cc(-c3c4ccccc4c(-c4c([2H])c([2H])c5oc6c7c([2H])c([2H])c([2H])c([2H])c7c([2H])c([2H])c6c5c4[2H])c4ccccc34)ccc2-c2ccccc2)c([2H])c1[2H]. The Morgan fingerprint density at radius 2 is 1.04 bits per heavy atom. The smallest absolute Gasteiger partial charge is 0.143 e. The van der Waals surface area contributed by atoms with Gasteiger partial charge in [-0.1, -0.05) is 157 Å². The lowest BCUT2D eigenvalue weighted by atomic mass is 9.84. The van der Waals surface area contributed by atoms with Crippen LogP contribution in [0, 0.1) is 0 Å². The fourth-order valence-electron chi connectivity index (χ4n) is 6.91. The van der Waals surface area contributed by atoms with Crippen molar-refractivity contribution in [1.29, 1.82) is 0 Å². The van der Waals surface area contributed by atoms with E-state index in [2.05, 4.69) is 0 Å². The first-order valence-electron chi connectivity index (χ1n) is 22.7. The monoisotopic (exact) mass is 636 g/mol. The van der Waals surface area contributed by atoms with Crippen molar-refractivity contribution in [1.82, 2.24) is 0 Å². The zero-order valence-corrected chi connectivity index (χ0v) is 25.6. The standard InChI is InChI=1S/C48H30O/c1-3-13-31(14-4-1)36-26-24-34(29-43(36)32-15-5-2-6-16-32)46-38-19-9-11-21-40(38)47(41-22-12-10-20-39(41)46)35-25-28-45-44(30-35)42-27-23-33-17-7-8-18-37(33)48(42)49-45/h1-30H/i2D,5D,6D,7D,8D,15D,16D,17D,18D,23D,25D,27D,28D,30D. The second kappa shape index (κ2) is 11.1. The summed E-state index contributed by atoms with van der Waals surface area (Å²) in [6.45, 7) is 0. The molecule has 0 amide bonds. The van der Waals surface area contributed by atoms with Gasteiger partial charge in [0.1, 0.15) is 11.2 Å². The van der Waals surface area contributed by atoms with E-state index in [0.717, 1.165) is 11.1 Å². The van der Waals surface area contributed by atoms with Gasteiger partial charge in [-0.2, -0.15) is 0 Å². The van der Waals surface area contributed by atoms with Crippen molar-refractivity contribution in [2.24, 2.45) is 0 Å². The second-order valence-electron chi connectivity index (χ2n) is 11.7. The molecular formula is C48H30O. The lowest BCUT2D eigenvalue weighted by Gasteiger charge is -2.19. The molecule has 0 aliphatic carbocycles. The molecule has 10 aromatic rings. The predicted molar refractivity (Wildman–Crippen MR) is 208 cm³/mol. The molecule has 0 fully saturated rings. The van der Waals surface area contributed by atoms with E-state index in [1.54, 1.807) is 0 Å². The molecule has 0 N–H and O–H groups in total. The third-order valence-corrected chi connectivity index (χ3v) is 9.03. The molecule has 0 radical (unpaired) electrons. The molecule has 0 aliphatic heterocycles. The topological polar surface area (TPSA) is 13.1 Å². The first-order chi connectivity index (χ1) is 30.1. The van der Waals surface area contributed by atoms with E-state index in [-0.39, 0.29) is 68.0 Å². The van der Waals surface area contributed by atoms with Gasteiger partial charge in [0.25, 0.3) is 0 Å². The van der Waals surface area contributed by atoms with Crippen molar-refractivity contribution in [3.8, 4) is 44.5 Å². The first kappa shape index (κ1) is 17.1. The van der Waals surface area contributed by atoms with Crippen molar-refractivity contribution in [3.63, 3.8) is 0 Å². The maximum absolute atomic E-state index is 9.81. The van der Waals surface area contributed by atoms with Gasteiger partial charge in [0.05, 0.1) is 19.2 Å². The van der Waals surface area contributed by atoms with E-state index < -0.39 is 60.4 Å². The number of rotatable bonds is 4. The van der Waals surface area contributed by atoms with Crippen LogP contribution in [0.25, 0.3) is 98.8 Å². The summed E-state index contributed by atoms with van der Waals surface area (Å²) in [5.74, 6) is 0. The van der Waals surface area contributed by atoms with Gasteiger partial charge in [-0.05, 0) is 95.6 Å². The third-order valence-electron chi connectivity index (χ3n) is 9.03. The molecule has 49 heavy (non-hydrogen) atoms. The van der Waals surface area contributed by atoms with Gasteiger partial charge in [0.15, 0.2) is 0 Å². The van der Waals surface area contributed by atoms with E-state index in [1.807, 2.05) is 97.1 Å². The highest BCUT2D eigenvalue weighted by Crippen LogP contribution is 2.46. The van der Waals surface area contributed by atoms with Gasteiger partial charge < -0.3 is 4.42 Å². The number of hydrogen-bond acceptors (Lipinski definition) is 1. The van der Waals surface area contributed by atoms with E-state index in [9.17, 15) is 4.11 Å². The summed E-state index contributed by atoms with van der Waals surface area (Å²) in [5.41, 5.74) is 3.37. The van der Waals surface area contributed by atoms with E-state index >= 15 is 0 Å². The highest BCUT2D eigenvalue weighted by atomic mass is 16.3. The maximum atomic E-state index is 9.81. The van der Waals surface area contributed by atoms with E-state index in [1.165, 1.54) is 0 Å². The number of hydrogen-bond donors (Lipinski definition) is 0. The molecule has 0 unspecified atom stereocenters. The van der Waals surface area contributed by atoms with Crippen molar-refractivity contribution in [2.75, 3.05) is 0 Å². The molecule has 1 heteroatoms. The fourth-order valence-corrected chi connectivity index (χ4v) is 6.91. The van der Waals surface area contributed by atoms with Crippen molar-refractivity contribution in [3.05, 3.63) is 182 Å². The summed E-state index contributed by atoms with van der Waals surface area (Å²) >= 11 is 0. The minimum absolute atomic E-state index is 0.0363. The van der Waals surface area contributed by atoms with E-state index in [0.29, 0.717) is 43.8 Å². The summed E-state index contributed by atoms with van der Waals surface area (Å²) in [4.78, 5) is 0. The zero-order chi connectivity index (χ0) is 44.5. The molecule has 1 nitrogen and oxygen atoms in total. The average Bonchev–Trinajstić information content (AvgIpc) is 3.70. The fraction of sp³-hybridized carbons (Fsp3) is 0. The minimum Gasteiger partial charge on any atom is -0.455 e. The molecule has 0 bridgehead atoms. The number of furan rings is 1. The molecule has 0 aliphatic rings. The third kappa shape index (κ3) is 4.40. The van der Waals surface area contributed by atoms with Crippen LogP contribution in [0.2, 0.25) is 0 Å². The van der Waals surface area contributed by atoms with Gasteiger partial charge in [-0.15, -0.1) is 0 Å². The molecule has 0 spiro atoms. The molecule has 0 atom stereocenters. The average molecular weight is 637 g/mol. The Morgan fingerprint density at radius 1 is 0.388 bits per heavy atom. The zero-order valence-electron chi connectivity index (χ0n) is 39.6. The summed E-state index contributed by atoms with van der Waals surface area (Å²) in [6.07, 6.45) is 0. The summed E-state index contributed by atoms with van der Waals surface area (Å²) < 4.78 is 130. The lowest BCUT2D eigenvalue weighted by molar-refractivity contribution is 0.672. The highest BCUT2D eigenvalue weighted by molar-refractivity contribution is 6.23. The van der Waals surface area contributed by atoms with Gasteiger partial charge in [-0.3, -0.25) is 0 Å². The second-order valence-corrected chi connectivity index (χ2v) is 11.7. The number of benzene rings is 9. The Balaban J connectivity index is 1.32. The van der Waals surface area contributed by atoms with Crippen molar-refractivity contribution >= 4 is 54.3 Å². The Kier molecular flexibility index (Phi) is 3.87. The summed E-state index contributed by atoms with van der Waals surface area (Å²) in [6, 6.07) is 23.6. The number of fused-ring (bicyclic) bond motifs is 7.